The molecule has 0 amide bonds. The van der Waals surface area contributed by atoms with E-state index in [-0.39, 0.29) is 0 Å². The highest BCUT2D eigenvalue weighted by Crippen LogP contribution is 2.33. The molecule has 0 radical (unpaired) electrons. The first kappa shape index (κ1) is 18.5. The fourth-order valence-corrected chi connectivity index (χ4v) is 4.49. The molecule has 6 nitrogen and oxygen atoms in total. The van der Waals surface area contributed by atoms with Gasteiger partial charge in [0.2, 0.25) is 6.79 Å². The van der Waals surface area contributed by atoms with Crippen LogP contribution in [0.4, 0.5) is 0 Å². The number of aromatic amines is 1. The molecule has 2 aliphatic rings. The lowest BCUT2D eigenvalue weighted by atomic mass is 10.0. The summed E-state index contributed by atoms with van der Waals surface area (Å²) in [4.78, 5) is 8.21. The molecule has 3 aromatic rings. The number of hydrogen-bond acceptors (Lipinski definition) is 5. The van der Waals surface area contributed by atoms with Crippen LogP contribution in [0.15, 0.2) is 42.5 Å². The van der Waals surface area contributed by atoms with Crippen molar-refractivity contribution >= 4 is 10.9 Å². The minimum absolute atomic E-state index is 0.315. The Morgan fingerprint density at radius 3 is 2.62 bits per heavy atom. The number of para-hydroxylation sites is 1. The minimum Gasteiger partial charge on any atom is -0.454 e. The average molecular weight is 393 g/mol. The first-order chi connectivity index (χ1) is 14.2. The summed E-state index contributed by atoms with van der Waals surface area (Å²) < 4.78 is 10.9. The van der Waals surface area contributed by atoms with Crippen LogP contribution >= 0.6 is 0 Å². The second kappa shape index (κ2) is 7.71. The second-order valence-corrected chi connectivity index (χ2v) is 7.99. The van der Waals surface area contributed by atoms with Gasteiger partial charge in [-0.25, -0.2) is 0 Å². The van der Waals surface area contributed by atoms with Gasteiger partial charge in [0.05, 0.1) is 6.10 Å². The number of β-amino-alcohol motifs (C(OH)–C–C–N with tert-alkyl or cyclic N) is 1. The Balaban J connectivity index is 1.18. The summed E-state index contributed by atoms with van der Waals surface area (Å²) in [7, 11) is 0. The largest absolute Gasteiger partial charge is 0.454 e. The van der Waals surface area contributed by atoms with Gasteiger partial charge in [-0.15, -0.1) is 0 Å². The normalized spacial score (nSPS) is 18.4. The van der Waals surface area contributed by atoms with Gasteiger partial charge in [0, 0.05) is 61.4 Å². The number of ether oxygens (including phenoxy) is 2. The number of aromatic nitrogens is 1. The van der Waals surface area contributed by atoms with E-state index in [0.29, 0.717) is 13.3 Å². The first-order valence-electron chi connectivity index (χ1n) is 10.3. The SMILES string of the molecule is Cc1[nH]c2ccccc2c1C(O)CN1CCN(Cc2ccc3c(c2)OCO3)CC1. The molecule has 0 bridgehead atoms. The number of benzene rings is 2. The number of H-pyrrole nitrogens is 1. The predicted octanol–water partition coefficient (Wildman–Crippen LogP) is 3.06. The minimum atomic E-state index is -0.480. The van der Waals surface area contributed by atoms with E-state index < -0.39 is 6.10 Å². The van der Waals surface area contributed by atoms with Crippen LogP contribution in [0.2, 0.25) is 0 Å². The van der Waals surface area contributed by atoms with Crippen LogP contribution in [-0.4, -0.2) is 59.4 Å². The van der Waals surface area contributed by atoms with Crippen molar-refractivity contribution in [3.8, 4) is 11.5 Å². The predicted molar refractivity (Wildman–Crippen MR) is 112 cm³/mol. The molecule has 1 aromatic heterocycles. The summed E-state index contributed by atoms with van der Waals surface area (Å²) in [6.07, 6.45) is -0.480. The molecular formula is C23H27N3O3. The molecule has 1 unspecified atom stereocenters. The Morgan fingerprint density at radius 1 is 1.00 bits per heavy atom. The summed E-state index contributed by atoms with van der Waals surface area (Å²) in [5.41, 5.74) is 4.42. The fourth-order valence-electron chi connectivity index (χ4n) is 4.49. The summed E-state index contributed by atoms with van der Waals surface area (Å²) >= 11 is 0. The Hall–Kier alpha value is -2.54. The topological polar surface area (TPSA) is 61.0 Å². The van der Waals surface area contributed by atoms with E-state index in [1.807, 2.05) is 25.1 Å². The molecular weight excluding hydrogens is 366 g/mol. The van der Waals surface area contributed by atoms with E-state index >= 15 is 0 Å². The summed E-state index contributed by atoms with van der Waals surface area (Å²) in [6, 6.07) is 14.4. The molecule has 5 rings (SSSR count). The molecule has 0 saturated carbocycles. The van der Waals surface area contributed by atoms with Gasteiger partial charge in [-0.3, -0.25) is 9.80 Å². The zero-order valence-corrected chi connectivity index (χ0v) is 16.7. The molecule has 1 atom stereocenters. The number of nitrogens with one attached hydrogen (secondary N) is 1. The summed E-state index contributed by atoms with van der Waals surface area (Å²) in [5, 5.41) is 12.1. The van der Waals surface area contributed by atoms with Crippen LogP contribution in [0.1, 0.15) is 22.9 Å². The Morgan fingerprint density at radius 2 is 1.76 bits per heavy atom. The van der Waals surface area contributed by atoms with E-state index in [1.165, 1.54) is 5.56 Å². The number of aryl methyl sites for hydroxylation is 1. The number of aliphatic hydroxyl groups excluding tert-OH is 1. The van der Waals surface area contributed by atoms with Crippen molar-refractivity contribution in [2.75, 3.05) is 39.5 Å². The third kappa shape index (κ3) is 3.71. The maximum absolute atomic E-state index is 10.9. The lowest BCUT2D eigenvalue weighted by molar-refractivity contribution is 0.0704. The lowest BCUT2D eigenvalue weighted by Gasteiger charge is -2.35. The Kier molecular flexibility index (Phi) is 4.91. The van der Waals surface area contributed by atoms with E-state index in [4.69, 9.17) is 9.47 Å². The van der Waals surface area contributed by atoms with Crippen molar-refractivity contribution < 1.29 is 14.6 Å². The van der Waals surface area contributed by atoms with Gasteiger partial charge >= 0.3 is 0 Å². The standard InChI is InChI=1S/C23H27N3O3/c1-16-23(18-4-2-3-5-19(18)24-16)20(27)14-26-10-8-25(9-11-26)13-17-6-7-21-22(12-17)29-15-28-21/h2-7,12,20,24,27H,8-11,13-15H2,1H3. The van der Waals surface area contributed by atoms with E-state index in [9.17, 15) is 5.11 Å². The number of piperazine rings is 1. The van der Waals surface area contributed by atoms with Crippen molar-refractivity contribution in [3.63, 3.8) is 0 Å². The molecule has 1 fully saturated rings. The van der Waals surface area contributed by atoms with Crippen LogP contribution in [0, 0.1) is 6.92 Å². The van der Waals surface area contributed by atoms with Crippen LogP contribution in [0.25, 0.3) is 10.9 Å². The van der Waals surface area contributed by atoms with Gasteiger partial charge in [-0.2, -0.15) is 0 Å². The Labute approximate surface area is 170 Å². The van der Waals surface area contributed by atoms with Crippen LogP contribution < -0.4 is 9.47 Å². The molecule has 152 valence electrons. The van der Waals surface area contributed by atoms with Crippen LogP contribution in [0.5, 0.6) is 11.5 Å². The molecule has 3 heterocycles. The third-order valence-electron chi connectivity index (χ3n) is 6.02. The monoisotopic (exact) mass is 393 g/mol. The van der Waals surface area contributed by atoms with Gasteiger partial charge in [0.1, 0.15) is 0 Å². The highest BCUT2D eigenvalue weighted by atomic mass is 16.7. The van der Waals surface area contributed by atoms with Crippen molar-refractivity contribution in [1.82, 2.24) is 14.8 Å². The molecule has 29 heavy (non-hydrogen) atoms. The van der Waals surface area contributed by atoms with Gasteiger partial charge < -0.3 is 19.6 Å². The first-order valence-corrected chi connectivity index (χ1v) is 10.3. The third-order valence-corrected chi connectivity index (χ3v) is 6.02. The Bertz CT molecular complexity index is 1010. The van der Waals surface area contributed by atoms with Crippen molar-refractivity contribution in [2.45, 2.75) is 19.6 Å². The maximum atomic E-state index is 10.9. The number of fused-ring (bicyclic) bond motifs is 2. The number of rotatable bonds is 5. The zero-order chi connectivity index (χ0) is 19.8. The average Bonchev–Trinajstić information content (AvgIpc) is 3.32. The second-order valence-electron chi connectivity index (χ2n) is 7.99. The number of nitrogens with zero attached hydrogens (tertiary/aromatic N) is 2. The van der Waals surface area contributed by atoms with Crippen LogP contribution in [-0.2, 0) is 6.54 Å². The van der Waals surface area contributed by atoms with E-state index in [1.54, 1.807) is 0 Å². The number of aliphatic hydroxyl groups is 1. The maximum Gasteiger partial charge on any atom is 0.231 e. The molecule has 2 N–H and O–H groups in total. The van der Waals surface area contributed by atoms with Gasteiger partial charge in [-0.1, -0.05) is 24.3 Å². The summed E-state index contributed by atoms with van der Waals surface area (Å²) in [5.74, 6) is 1.68. The lowest BCUT2D eigenvalue weighted by Crippen LogP contribution is -2.47. The molecule has 2 aliphatic heterocycles. The molecule has 0 spiro atoms. The van der Waals surface area contributed by atoms with Gasteiger partial charge in [0.15, 0.2) is 11.5 Å². The molecule has 0 aliphatic carbocycles. The molecule has 1 saturated heterocycles. The fraction of sp³-hybridized carbons (Fsp3) is 0.391. The number of hydrogen-bond donors (Lipinski definition) is 2. The highest BCUT2D eigenvalue weighted by molar-refractivity contribution is 5.84. The van der Waals surface area contributed by atoms with Gasteiger partial charge in [-0.05, 0) is 30.7 Å². The highest BCUT2D eigenvalue weighted by Gasteiger charge is 2.23. The van der Waals surface area contributed by atoms with E-state index in [0.717, 1.165) is 66.4 Å². The zero-order valence-electron chi connectivity index (χ0n) is 16.7. The van der Waals surface area contributed by atoms with Crippen LogP contribution in [0.3, 0.4) is 0 Å². The quantitative estimate of drug-likeness (QED) is 0.698. The van der Waals surface area contributed by atoms with E-state index in [2.05, 4.69) is 39.0 Å². The smallest absolute Gasteiger partial charge is 0.231 e. The molecule has 2 aromatic carbocycles. The van der Waals surface area contributed by atoms with Crippen molar-refractivity contribution in [1.29, 1.82) is 0 Å². The van der Waals surface area contributed by atoms with Crippen molar-refractivity contribution in [2.24, 2.45) is 0 Å². The van der Waals surface area contributed by atoms with Crippen molar-refractivity contribution in [3.05, 3.63) is 59.3 Å². The summed E-state index contributed by atoms with van der Waals surface area (Å²) in [6.45, 7) is 7.85. The molecule has 6 heteroatoms. The van der Waals surface area contributed by atoms with Gasteiger partial charge in [0.25, 0.3) is 0 Å².